The van der Waals surface area contributed by atoms with Crippen LogP contribution < -0.4 is 0 Å². The Morgan fingerprint density at radius 2 is 2.33 bits per heavy atom. The SMILES string of the molecule is CC(C1CCCO1)n1c(C(C)(C)C)cnc1SCC(=O)O. The lowest BCUT2D eigenvalue weighted by Gasteiger charge is -2.28. The Morgan fingerprint density at radius 3 is 2.86 bits per heavy atom. The molecule has 5 nitrogen and oxygen atoms in total. The summed E-state index contributed by atoms with van der Waals surface area (Å²) in [6, 6.07) is 0.167. The van der Waals surface area contributed by atoms with Crippen LogP contribution >= 0.6 is 11.8 Å². The van der Waals surface area contributed by atoms with Crippen LogP contribution in [0, 0.1) is 0 Å². The maximum absolute atomic E-state index is 10.8. The molecule has 0 amide bonds. The highest BCUT2D eigenvalue weighted by molar-refractivity contribution is 7.99. The lowest BCUT2D eigenvalue weighted by atomic mass is 9.92. The van der Waals surface area contributed by atoms with E-state index < -0.39 is 5.97 Å². The number of carboxylic acid groups (broad SMARTS) is 1. The standard InChI is InChI=1S/C15H24N2O3S/c1-10(11-6-5-7-20-11)17-12(15(2,3)4)8-16-14(17)21-9-13(18)19/h8,10-11H,5-7,9H2,1-4H3,(H,18,19). The molecular formula is C15H24N2O3S. The number of aliphatic carboxylic acids is 1. The fraction of sp³-hybridized carbons (Fsp3) is 0.733. The molecule has 1 N–H and O–H groups in total. The van der Waals surface area contributed by atoms with E-state index >= 15 is 0 Å². The quantitative estimate of drug-likeness (QED) is 0.846. The average molecular weight is 312 g/mol. The van der Waals surface area contributed by atoms with Crippen molar-refractivity contribution in [2.75, 3.05) is 12.4 Å². The molecule has 2 atom stereocenters. The molecule has 1 saturated heterocycles. The zero-order valence-corrected chi connectivity index (χ0v) is 13.9. The first kappa shape index (κ1) is 16.4. The summed E-state index contributed by atoms with van der Waals surface area (Å²) in [5, 5.41) is 9.67. The molecule has 1 aliphatic heterocycles. The summed E-state index contributed by atoms with van der Waals surface area (Å²) in [7, 11) is 0. The number of ether oxygens (including phenoxy) is 1. The summed E-state index contributed by atoms with van der Waals surface area (Å²) in [4.78, 5) is 15.3. The van der Waals surface area contributed by atoms with Crippen LogP contribution in [0.25, 0.3) is 0 Å². The van der Waals surface area contributed by atoms with E-state index in [0.29, 0.717) is 0 Å². The molecule has 0 aliphatic carbocycles. The van der Waals surface area contributed by atoms with Crippen molar-refractivity contribution in [2.45, 2.75) is 63.3 Å². The van der Waals surface area contributed by atoms with Crippen LogP contribution in [-0.2, 0) is 14.9 Å². The molecule has 21 heavy (non-hydrogen) atoms. The third-order valence-corrected chi connectivity index (χ3v) is 4.72. The first-order chi connectivity index (χ1) is 9.80. The number of rotatable bonds is 5. The van der Waals surface area contributed by atoms with Gasteiger partial charge in [-0.05, 0) is 19.8 Å². The second kappa shape index (κ2) is 6.40. The van der Waals surface area contributed by atoms with Crippen LogP contribution in [0.5, 0.6) is 0 Å². The van der Waals surface area contributed by atoms with Crippen LogP contribution in [-0.4, -0.2) is 39.1 Å². The number of nitrogens with zero attached hydrogens (tertiary/aromatic N) is 2. The minimum Gasteiger partial charge on any atom is -0.481 e. The lowest BCUT2D eigenvalue weighted by Crippen LogP contribution is -2.27. The van der Waals surface area contributed by atoms with Crippen molar-refractivity contribution < 1.29 is 14.6 Å². The predicted molar refractivity (Wildman–Crippen MR) is 83.0 cm³/mol. The lowest BCUT2D eigenvalue weighted by molar-refractivity contribution is -0.133. The van der Waals surface area contributed by atoms with Crippen molar-refractivity contribution in [2.24, 2.45) is 0 Å². The zero-order chi connectivity index (χ0) is 15.6. The molecule has 1 aliphatic rings. The summed E-state index contributed by atoms with van der Waals surface area (Å²) in [6.07, 6.45) is 4.19. The number of carboxylic acids is 1. The number of imidazole rings is 1. The summed E-state index contributed by atoms with van der Waals surface area (Å²) in [5.74, 6) is -0.796. The van der Waals surface area contributed by atoms with Crippen LogP contribution in [0.4, 0.5) is 0 Å². The Hall–Kier alpha value is -1.01. The van der Waals surface area contributed by atoms with Gasteiger partial charge in [0.05, 0.1) is 17.9 Å². The fourth-order valence-electron chi connectivity index (χ4n) is 2.67. The van der Waals surface area contributed by atoms with Crippen LogP contribution in [0.2, 0.25) is 0 Å². The van der Waals surface area contributed by atoms with Crippen LogP contribution in [0.1, 0.15) is 52.3 Å². The van der Waals surface area contributed by atoms with E-state index in [1.54, 1.807) is 0 Å². The highest BCUT2D eigenvalue weighted by atomic mass is 32.2. The maximum atomic E-state index is 10.8. The van der Waals surface area contributed by atoms with Crippen molar-refractivity contribution in [1.82, 2.24) is 9.55 Å². The monoisotopic (exact) mass is 312 g/mol. The van der Waals surface area contributed by atoms with Crippen LogP contribution in [0.3, 0.4) is 0 Å². The van der Waals surface area contributed by atoms with Gasteiger partial charge < -0.3 is 14.4 Å². The van der Waals surface area contributed by atoms with Gasteiger partial charge in [-0.3, -0.25) is 4.79 Å². The molecule has 2 rings (SSSR count). The molecule has 0 bridgehead atoms. The van der Waals surface area contributed by atoms with Gasteiger partial charge >= 0.3 is 5.97 Å². The van der Waals surface area contributed by atoms with Crippen molar-refractivity contribution in [3.05, 3.63) is 11.9 Å². The van der Waals surface area contributed by atoms with Gasteiger partial charge in [0, 0.05) is 23.9 Å². The third-order valence-electron chi connectivity index (χ3n) is 3.77. The van der Waals surface area contributed by atoms with E-state index in [4.69, 9.17) is 9.84 Å². The van der Waals surface area contributed by atoms with E-state index in [1.165, 1.54) is 11.8 Å². The Balaban J connectivity index is 2.32. The first-order valence-electron chi connectivity index (χ1n) is 7.34. The molecule has 1 fully saturated rings. The molecule has 0 saturated carbocycles. The van der Waals surface area contributed by atoms with E-state index in [-0.39, 0.29) is 23.3 Å². The smallest absolute Gasteiger partial charge is 0.313 e. The second-order valence-corrected chi connectivity index (χ2v) is 7.46. The minimum absolute atomic E-state index is 0.0266. The summed E-state index contributed by atoms with van der Waals surface area (Å²) < 4.78 is 7.98. The molecule has 0 radical (unpaired) electrons. The molecule has 1 aromatic heterocycles. The molecule has 1 aromatic rings. The largest absolute Gasteiger partial charge is 0.481 e. The topological polar surface area (TPSA) is 64.4 Å². The molecule has 6 heteroatoms. The van der Waals surface area contributed by atoms with Gasteiger partial charge in [0.15, 0.2) is 5.16 Å². The van der Waals surface area contributed by atoms with Crippen molar-refractivity contribution in [3.8, 4) is 0 Å². The molecular weight excluding hydrogens is 288 g/mol. The van der Waals surface area contributed by atoms with E-state index in [0.717, 1.165) is 30.3 Å². The first-order valence-corrected chi connectivity index (χ1v) is 8.33. The maximum Gasteiger partial charge on any atom is 0.313 e. The Morgan fingerprint density at radius 1 is 1.62 bits per heavy atom. The highest BCUT2D eigenvalue weighted by Gasteiger charge is 2.30. The van der Waals surface area contributed by atoms with Crippen molar-refractivity contribution in [1.29, 1.82) is 0 Å². The minimum atomic E-state index is -0.823. The molecule has 0 aromatic carbocycles. The molecule has 2 heterocycles. The Labute approximate surface area is 130 Å². The highest BCUT2D eigenvalue weighted by Crippen LogP contribution is 2.34. The number of thioether (sulfide) groups is 1. The van der Waals surface area contributed by atoms with Gasteiger partial charge in [0.25, 0.3) is 0 Å². The Bertz CT molecular complexity index is 502. The van der Waals surface area contributed by atoms with E-state index in [1.807, 2.05) is 6.20 Å². The van der Waals surface area contributed by atoms with Crippen molar-refractivity contribution >= 4 is 17.7 Å². The summed E-state index contributed by atoms with van der Waals surface area (Å²) >= 11 is 1.28. The number of aromatic nitrogens is 2. The van der Waals surface area contributed by atoms with E-state index in [9.17, 15) is 4.79 Å². The summed E-state index contributed by atoms with van der Waals surface area (Å²) in [6.45, 7) is 9.39. The molecule has 2 unspecified atom stereocenters. The van der Waals surface area contributed by atoms with Gasteiger partial charge in [0.2, 0.25) is 0 Å². The zero-order valence-electron chi connectivity index (χ0n) is 13.1. The Kier molecular flexibility index (Phi) is 4.99. The summed E-state index contributed by atoms with van der Waals surface area (Å²) in [5.41, 5.74) is 1.08. The van der Waals surface area contributed by atoms with Gasteiger partial charge in [-0.2, -0.15) is 0 Å². The second-order valence-electron chi connectivity index (χ2n) is 6.52. The van der Waals surface area contributed by atoms with Crippen LogP contribution in [0.15, 0.2) is 11.4 Å². The van der Waals surface area contributed by atoms with Gasteiger partial charge in [-0.15, -0.1) is 0 Å². The normalized spacial score (nSPS) is 20.7. The molecule has 118 valence electrons. The fourth-order valence-corrected chi connectivity index (χ4v) is 3.46. The number of hydrogen-bond donors (Lipinski definition) is 1. The third kappa shape index (κ3) is 3.80. The number of carbonyl (C=O) groups is 1. The van der Waals surface area contributed by atoms with Gasteiger partial charge in [0.1, 0.15) is 0 Å². The van der Waals surface area contributed by atoms with E-state index in [2.05, 4.69) is 37.2 Å². The predicted octanol–water partition coefficient (Wildman–Crippen LogP) is 3.10. The molecule has 0 spiro atoms. The average Bonchev–Trinajstić information content (AvgIpc) is 3.03. The van der Waals surface area contributed by atoms with Gasteiger partial charge in [-0.1, -0.05) is 32.5 Å². The van der Waals surface area contributed by atoms with Gasteiger partial charge in [-0.25, -0.2) is 4.98 Å². The number of hydrogen-bond acceptors (Lipinski definition) is 4. The van der Waals surface area contributed by atoms with Crippen molar-refractivity contribution in [3.63, 3.8) is 0 Å².